The highest BCUT2D eigenvalue weighted by atomic mass is 16.5. The van der Waals surface area contributed by atoms with E-state index in [2.05, 4.69) is 38.8 Å². The molecule has 3 heterocycles. The van der Waals surface area contributed by atoms with Crippen LogP contribution in [0.4, 0.5) is 0 Å². The summed E-state index contributed by atoms with van der Waals surface area (Å²) in [6.07, 6.45) is 8.79. The highest BCUT2D eigenvalue weighted by molar-refractivity contribution is 5.10. The molecular weight excluding hydrogens is 264 g/mol. The molecule has 1 saturated heterocycles. The van der Waals surface area contributed by atoms with Gasteiger partial charge in [0.25, 0.3) is 0 Å². The van der Waals surface area contributed by atoms with Gasteiger partial charge in [0.05, 0.1) is 12.6 Å². The van der Waals surface area contributed by atoms with E-state index < -0.39 is 0 Å². The van der Waals surface area contributed by atoms with Crippen LogP contribution in [0.1, 0.15) is 55.9 Å². The summed E-state index contributed by atoms with van der Waals surface area (Å²) >= 11 is 0. The summed E-state index contributed by atoms with van der Waals surface area (Å²) in [5.74, 6) is 2.05. The number of rotatable bonds is 5. The van der Waals surface area contributed by atoms with Crippen molar-refractivity contribution in [2.24, 2.45) is 0 Å². The number of hydrogen-bond acceptors (Lipinski definition) is 4. The highest BCUT2D eigenvalue weighted by Gasteiger charge is 2.27. The molecule has 0 aliphatic carbocycles. The van der Waals surface area contributed by atoms with E-state index in [1.54, 1.807) is 0 Å². The minimum Gasteiger partial charge on any atom is -0.361 e. The Bertz CT molecular complexity index is 574. The SMILES string of the molecule is CCCn1ccnc1CN1CCCCC1c1cc(C)on1. The molecule has 2 aromatic heterocycles. The minimum atomic E-state index is 0.364. The molecule has 0 amide bonds. The van der Waals surface area contributed by atoms with E-state index in [0.29, 0.717) is 6.04 Å². The molecular formula is C16H24N4O. The summed E-state index contributed by atoms with van der Waals surface area (Å²) in [6, 6.07) is 2.43. The zero-order chi connectivity index (χ0) is 14.7. The molecule has 5 nitrogen and oxygen atoms in total. The Morgan fingerprint density at radius 2 is 2.29 bits per heavy atom. The number of hydrogen-bond donors (Lipinski definition) is 0. The van der Waals surface area contributed by atoms with Gasteiger partial charge in [0.15, 0.2) is 0 Å². The van der Waals surface area contributed by atoms with Crippen LogP contribution in [0.25, 0.3) is 0 Å². The molecule has 114 valence electrons. The van der Waals surface area contributed by atoms with Gasteiger partial charge in [-0.3, -0.25) is 4.90 Å². The lowest BCUT2D eigenvalue weighted by atomic mass is 9.99. The maximum absolute atomic E-state index is 5.27. The van der Waals surface area contributed by atoms with E-state index in [0.717, 1.165) is 49.8 Å². The summed E-state index contributed by atoms with van der Waals surface area (Å²) in [7, 11) is 0. The summed E-state index contributed by atoms with van der Waals surface area (Å²) < 4.78 is 7.53. The fourth-order valence-electron chi connectivity index (χ4n) is 3.18. The van der Waals surface area contributed by atoms with Gasteiger partial charge in [-0.15, -0.1) is 0 Å². The Labute approximate surface area is 125 Å². The lowest BCUT2D eigenvalue weighted by Crippen LogP contribution is -2.34. The first-order valence-corrected chi connectivity index (χ1v) is 7.95. The van der Waals surface area contributed by atoms with Crippen LogP contribution in [-0.2, 0) is 13.1 Å². The number of imidazole rings is 1. The van der Waals surface area contributed by atoms with Crippen LogP contribution in [0, 0.1) is 6.92 Å². The largest absolute Gasteiger partial charge is 0.361 e. The molecule has 1 atom stereocenters. The summed E-state index contributed by atoms with van der Waals surface area (Å²) in [5, 5.41) is 4.23. The van der Waals surface area contributed by atoms with E-state index in [9.17, 15) is 0 Å². The molecule has 0 radical (unpaired) electrons. The van der Waals surface area contributed by atoms with Crippen molar-refractivity contribution < 1.29 is 4.52 Å². The number of aryl methyl sites for hydroxylation is 2. The molecule has 5 heteroatoms. The van der Waals surface area contributed by atoms with Gasteiger partial charge in [-0.25, -0.2) is 4.98 Å². The number of piperidine rings is 1. The van der Waals surface area contributed by atoms with E-state index in [-0.39, 0.29) is 0 Å². The smallest absolute Gasteiger partial charge is 0.133 e. The first kappa shape index (κ1) is 14.3. The Hall–Kier alpha value is -1.62. The molecule has 0 spiro atoms. The number of nitrogens with zero attached hydrogens (tertiary/aromatic N) is 4. The Morgan fingerprint density at radius 3 is 3.05 bits per heavy atom. The quantitative estimate of drug-likeness (QED) is 0.847. The van der Waals surface area contributed by atoms with E-state index >= 15 is 0 Å². The third kappa shape index (κ3) is 3.18. The van der Waals surface area contributed by atoms with E-state index in [1.165, 1.54) is 12.8 Å². The van der Waals surface area contributed by atoms with Gasteiger partial charge in [-0.2, -0.15) is 0 Å². The van der Waals surface area contributed by atoms with Crippen molar-refractivity contribution in [1.29, 1.82) is 0 Å². The van der Waals surface area contributed by atoms with Crippen LogP contribution in [0.3, 0.4) is 0 Å². The number of likely N-dealkylation sites (tertiary alicyclic amines) is 1. The van der Waals surface area contributed by atoms with E-state index in [1.807, 2.05) is 13.1 Å². The molecule has 1 fully saturated rings. The Balaban J connectivity index is 1.76. The van der Waals surface area contributed by atoms with Crippen molar-refractivity contribution in [3.05, 3.63) is 35.7 Å². The average Bonchev–Trinajstić information content (AvgIpc) is 3.10. The molecule has 0 bridgehead atoms. The van der Waals surface area contributed by atoms with Gasteiger partial charge in [0.1, 0.15) is 17.3 Å². The molecule has 21 heavy (non-hydrogen) atoms. The second kappa shape index (κ2) is 6.43. The minimum absolute atomic E-state index is 0.364. The summed E-state index contributed by atoms with van der Waals surface area (Å²) in [6.45, 7) is 7.19. The summed E-state index contributed by atoms with van der Waals surface area (Å²) in [4.78, 5) is 7.03. The molecule has 0 saturated carbocycles. The van der Waals surface area contributed by atoms with Gasteiger partial charge in [0.2, 0.25) is 0 Å². The van der Waals surface area contributed by atoms with Gasteiger partial charge in [-0.05, 0) is 32.7 Å². The first-order valence-electron chi connectivity index (χ1n) is 7.95. The zero-order valence-electron chi connectivity index (χ0n) is 13.0. The normalized spacial score (nSPS) is 20.0. The van der Waals surface area contributed by atoms with Gasteiger partial charge in [-0.1, -0.05) is 18.5 Å². The third-order valence-electron chi connectivity index (χ3n) is 4.21. The standard InChI is InChI=1S/C16H24N4O/c1-3-8-19-10-7-17-16(19)12-20-9-5-4-6-15(20)14-11-13(2)21-18-14/h7,10-11,15H,3-6,8-9,12H2,1-2H3. The van der Waals surface area contributed by atoms with Gasteiger partial charge < -0.3 is 9.09 Å². The maximum atomic E-state index is 5.27. The second-order valence-corrected chi connectivity index (χ2v) is 5.88. The topological polar surface area (TPSA) is 47.1 Å². The van der Waals surface area contributed by atoms with Crippen LogP contribution in [0.15, 0.2) is 23.0 Å². The fraction of sp³-hybridized carbons (Fsp3) is 0.625. The molecule has 1 aliphatic rings. The molecule has 0 aromatic carbocycles. The lowest BCUT2D eigenvalue weighted by molar-refractivity contribution is 0.129. The van der Waals surface area contributed by atoms with Gasteiger partial charge >= 0.3 is 0 Å². The monoisotopic (exact) mass is 288 g/mol. The maximum Gasteiger partial charge on any atom is 0.133 e. The highest BCUT2D eigenvalue weighted by Crippen LogP contribution is 2.31. The summed E-state index contributed by atoms with van der Waals surface area (Å²) in [5.41, 5.74) is 1.07. The predicted molar refractivity (Wildman–Crippen MR) is 80.8 cm³/mol. The van der Waals surface area contributed by atoms with Gasteiger partial charge in [0, 0.05) is 25.0 Å². The third-order valence-corrected chi connectivity index (χ3v) is 4.21. The predicted octanol–water partition coefficient (Wildman–Crippen LogP) is 3.32. The van der Waals surface area contributed by atoms with Crippen LogP contribution < -0.4 is 0 Å². The molecule has 3 rings (SSSR count). The van der Waals surface area contributed by atoms with Crippen molar-refractivity contribution in [2.45, 2.75) is 58.7 Å². The zero-order valence-corrected chi connectivity index (χ0v) is 13.0. The fourth-order valence-corrected chi connectivity index (χ4v) is 3.18. The second-order valence-electron chi connectivity index (χ2n) is 5.88. The van der Waals surface area contributed by atoms with Crippen LogP contribution in [-0.4, -0.2) is 26.2 Å². The van der Waals surface area contributed by atoms with Crippen molar-refractivity contribution in [2.75, 3.05) is 6.54 Å². The van der Waals surface area contributed by atoms with Crippen LogP contribution in [0.5, 0.6) is 0 Å². The van der Waals surface area contributed by atoms with Crippen molar-refractivity contribution in [3.63, 3.8) is 0 Å². The molecule has 1 unspecified atom stereocenters. The van der Waals surface area contributed by atoms with Crippen molar-refractivity contribution >= 4 is 0 Å². The lowest BCUT2D eigenvalue weighted by Gasteiger charge is -2.34. The average molecular weight is 288 g/mol. The van der Waals surface area contributed by atoms with Crippen LogP contribution >= 0.6 is 0 Å². The van der Waals surface area contributed by atoms with Crippen LogP contribution in [0.2, 0.25) is 0 Å². The molecule has 2 aromatic rings. The molecule has 0 N–H and O–H groups in total. The van der Waals surface area contributed by atoms with E-state index in [4.69, 9.17) is 4.52 Å². The molecule has 1 aliphatic heterocycles. The van der Waals surface area contributed by atoms with Crippen molar-refractivity contribution in [1.82, 2.24) is 19.6 Å². The number of aromatic nitrogens is 3. The van der Waals surface area contributed by atoms with Crippen molar-refractivity contribution in [3.8, 4) is 0 Å². The first-order chi connectivity index (χ1) is 10.3. The Morgan fingerprint density at radius 1 is 1.38 bits per heavy atom. The Kier molecular flexibility index (Phi) is 4.39.